The van der Waals surface area contributed by atoms with E-state index in [1.54, 1.807) is 0 Å². The summed E-state index contributed by atoms with van der Waals surface area (Å²) in [7, 11) is 0. The maximum Gasteiger partial charge on any atom is 0.0389 e. The second-order valence-corrected chi connectivity index (χ2v) is 2.14. The highest BCUT2D eigenvalue weighted by molar-refractivity contribution is 4.80. The lowest BCUT2D eigenvalue weighted by atomic mass is 10.2. The number of hydrogen-bond acceptors (Lipinski definition) is 0. The van der Waals surface area contributed by atoms with Crippen LogP contribution in [0.1, 0.15) is 25.7 Å². The molecule has 0 aromatic heterocycles. The molecule has 0 unspecified atom stereocenters. The smallest absolute Gasteiger partial charge is 0.0389 e. The van der Waals surface area contributed by atoms with E-state index < -0.39 is 0 Å². The Kier molecular flexibility index (Phi) is 2.50. The number of allylic oxidation sites excluding steroid dienone is 1. The molecule has 0 N–H and O–H groups in total. The Hall–Kier alpha value is -0.460. The Bertz CT molecular complexity index is 66.5. The third-order valence-corrected chi connectivity index (χ3v) is 1.37. The SMILES string of the molecule is C1=C[N]CCCCC1. The Morgan fingerprint density at radius 3 is 3.12 bits per heavy atom. The van der Waals surface area contributed by atoms with Crippen LogP contribution in [0, 0.1) is 0 Å². The minimum absolute atomic E-state index is 1.04. The first-order valence-corrected chi connectivity index (χ1v) is 3.32. The average molecular weight is 110 g/mol. The lowest BCUT2D eigenvalue weighted by Crippen LogP contribution is -1.99. The van der Waals surface area contributed by atoms with Crippen molar-refractivity contribution >= 4 is 0 Å². The Balaban J connectivity index is 2.17. The van der Waals surface area contributed by atoms with Gasteiger partial charge in [-0.05, 0) is 19.3 Å². The van der Waals surface area contributed by atoms with Crippen LogP contribution in [0.2, 0.25) is 0 Å². The molecule has 1 aliphatic rings. The summed E-state index contributed by atoms with van der Waals surface area (Å²) in [6, 6.07) is 0. The van der Waals surface area contributed by atoms with Crippen LogP contribution in [-0.2, 0) is 0 Å². The van der Waals surface area contributed by atoms with Gasteiger partial charge in [-0.3, -0.25) is 5.32 Å². The molecule has 0 atom stereocenters. The topological polar surface area (TPSA) is 14.1 Å². The molecule has 0 fully saturated rings. The molecule has 1 heterocycles. The van der Waals surface area contributed by atoms with Crippen LogP contribution < -0.4 is 5.32 Å². The largest absolute Gasteiger partial charge is 0.294 e. The summed E-state index contributed by atoms with van der Waals surface area (Å²) in [6.45, 7) is 1.04. The van der Waals surface area contributed by atoms with Crippen molar-refractivity contribution in [2.24, 2.45) is 0 Å². The Morgan fingerprint density at radius 1 is 1.12 bits per heavy atom. The van der Waals surface area contributed by atoms with Gasteiger partial charge in [0.15, 0.2) is 0 Å². The summed E-state index contributed by atoms with van der Waals surface area (Å²) in [4.78, 5) is 0. The van der Waals surface area contributed by atoms with E-state index in [4.69, 9.17) is 0 Å². The van der Waals surface area contributed by atoms with Crippen LogP contribution in [0.5, 0.6) is 0 Å². The third kappa shape index (κ3) is 2.01. The van der Waals surface area contributed by atoms with E-state index in [1.807, 2.05) is 6.20 Å². The van der Waals surface area contributed by atoms with Crippen molar-refractivity contribution in [2.75, 3.05) is 6.54 Å². The highest BCUT2D eigenvalue weighted by Gasteiger charge is 1.89. The van der Waals surface area contributed by atoms with Gasteiger partial charge in [0.1, 0.15) is 0 Å². The van der Waals surface area contributed by atoms with Crippen LogP contribution in [0.3, 0.4) is 0 Å². The van der Waals surface area contributed by atoms with Gasteiger partial charge < -0.3 is 0 Å². The standard InChI is InChI=1S/C7H12N/c1-2-4-6-8-7-5-3-1/h4,6H,1-3,5,7H2. The highest BCUT2D eigenvalue weighted by atomic mass is 14.8. The monoisotopic (exact) mass is 110 g/mol. The van der Waals surface area contributed by atoms with Crippen molar-refractivity contribution in [3.63, 3.8) is 0 Å². The molecular formula is C7H12N. The highest BCUT2D eigenvalue weighted by Crippen LogP contribution is 2.02. The molecule has 8 heavy (non-hydrogen) atoms. The van der Waals surface area contributed by atoms with E-state index in [-0.39, 0.29) is 0 Å². The van der Waals surface area contributed by atoms with Crippen LogP contribution in [-0.4, -0.2) is 6.54 Å². The summed E-state index contributed by atoms with van der Waals surface area (Å²) in [5, 5.41) is 4.15. The van der Waals surface area contributed by atoms with E-state index in [9.17, 15) is 0 Å². The zero-order chi connectivity index (χ0) is 5.66. The molecule has 0 saturated carbocycles. The van der Waals surface area contributed by atoms with Gasteiger partial charge in [-0.2, -0.15) is 0 Å². The predicted octanol–water partition coefficient (Wildman–Crippen LogP) is 1.68. The minimum Gasteiger partial charge on any atom is -0.294 e. The molecule has 0 bridgehead atoms. The van der Waals surface area contributed by atoms with Crippen molar-refractivity contribution in [3.05, 3.63) is 12.3 Å². The van der Waals surface area contributed by atoms with Crippen LogP contribution in [0.4, 0.5) is 0 Å². The van der Waals surface area contributed by atoms with Gasteiger partial charge in [-0.25, -0.2) is 0 Å². The van der Waals surface area contributed by atoms with Crippen LogP contribution >= 0.6 is 0 Å². The zero-order valence-electron chi connectivity index (χ0n) is 5.14. The molecule has 1 radical (unpaired) electrons. The van der Waals surface area contributed by atoms with Crippen molar-refractivity contribution in [3.8, 4) is 0 Å². The lowest BCUT2D eigenvalue weighted by Gasteiger charge is -2.00. The molecule has 0 spiro atoms. The van der Waals surface area contributed by atoms with Crippen molar-refractivity contribution in [1.82, 2.24) is 5.32 Å². The predicted molar refractivity (Wildman–Crippen MR) is 34.6 cm³/mol. The van der Waals surface area contributed by atoms with E-state index in [0.29, 0.717) is 0 Å². The molecule has 1 heteroatoms. The second kappa shape index (κ2) is 3.53. The molecule has 0 aliphatic carbocycles. The van der Waals surface area contributed by atoms with Crippen LogP contribution in [0.25, 0.3) is 0 Å². The van der Waals surface area contributed by atoms with E-state index in [2.05, 4.69) is 11.4 Å². The molecular weight excluding hydrogens is 98.1 g/mol. The van der Waals surface area contributed by atoms with Crippen molar-refractivity contribution in [1.29, 1.82) is 0 Å². The first kappa shape index (κ1) is 5.67. The number of rotatable bonds is 0. The van der Waals surface area contributed by atoms with Gasteiger partial charge in [0.25, 0.3) is 0 Å². The first-order valence-electron chi connectivity index (χ1n) is 3.32. The second-order valence-electron chi connectivity index (χ2n) is 2.14. The quantitative estimate of drug-likeness (QED) is 0.450. The Morgan fingerprint density at radius 2 is 2.12 bits per heavy atom. The summed E-state index contributed by atoms with van der Waals surface area (Å²) >= 11 is 0. The van der Waals surface area contributed by atoms with Gasteiger partial charge in [-0.15, -0.1) is 0 Å². The maximum absolute atomic E-state index is 4.15. The minimum atomic E-state index is 1.04. The third-order valence-electron chi connectivity index (χ3n) is 1.37. The van der Waals surface area contributed by atoms with E-state index in [1.165, 1.54) is 25.7 Å². The molecule has 1 rings (SSSR count). The fourth-order valence-corrected chi connectivity index (χ4v) is 0.866. The molecule has 0 aromatic carbocycles. The number of nitrogens with zero attached hydrogens (tertiary/aromatic N) is 1. The molecule has 1 aliphatic heterocycles. The maximum atomic E-state index is 4.15. The molecule has 0 amide bonds. The van der Waals surface area contributed by atoms with Gasteiger partial charge >= 0.3 is 0 Å². The Labute approximate surface area is 50.8 Å². The van der Waals surface area contributed by atoms with Gasteiger partial charge in [-0.1, -0.05) is 12.5 Å². The zero-order valence-corrected chi connectivity index (χ0v) is 5.14. The molecule has 0 aromatic rings. The van der Waals surface area contributed by atoms with Gasteiger partial charge in [0, 0.05) is 12.7 Å². The molecule has 1 nitrogen and oxygen atoms in total. The molecule has 0 saturated heterocycles. The van der Waals surface area contributed by atoms with Gasteiger partial charge in [0.05, 0.1) is 0 Å². The fourth-order valence-electron chi connectivity index (χ4n) is 0.866. The molecule has 45 valence electrons. The van der Waals surface area contributed by atoms with E-state index >= 15 is 0 Å². The van der Waals surface area contributed by atoms with Crippen molar-refractivity contribution < 1.29 is 0 Å². The fraction of sp³-hybridized carbons (Fsp3) is 0.714. The average Bonchev–Trinajstić information content (AvgIpc) is 1.62. The van der Waals surface area contributed by atoms with E-state index in [0.717, 1.165) is 6.54 Å². The summed E-state index contributed by atoms with van der Waals surface area (Å²) in [5.41, 5.74) is 0. The van der Waals surface area contributed by atoms with Gasteiger partial charge in [0.2, 0.25) is 0 Å². The van der Waals surface area contributed by atoms with Crippen LogP contribution in [0.15, 0.2) is 12.3 Å². The number of hydrogen-bond donors (Lipinski definition) is 0. The first-order chi connectivity index (χ1) is 4.00. The summed E-state index contributed by atoms with van der Waals surface area (Å²) in [6.07, 6.45) is 9.31. The summed E-state index contributed by atoms with van der Waals surface area (Å²) < 4.78 is 0. The normalized spacial score (nSPS) is 21.0. The van der Waals surface area contributed by atoms with Crippen molar-refractivity contribution in [2.45, 2.75) is 25.7 Å². The lowest BCUT2D eigenvalue weighted by molar-refractivity contribution is 0.638. The summed E-state index contributed by atoms with van der Waals surface area (Å²) in [5.74, 6) is 0.